The molecule has 1 rings (SSSR count). The topological polar surface area (TPSA) is 0 Å². The van der Waals surface area contributed by atoms with Gasteiger partial charge >= 0.3 is 0 Å². The van der Waals surface area contributed by atoms with Crippen molar-refractivity contribution in [1.29, 1.82) is 0 Å². The maximum Gasteiger partial charge on any atom is -0.0162 e. The second kappa shape index (κ2) is 2.15. The quantitative estimate of drug-likeness (QED) is 0.468. The molecule has 0 bridgehead atoms. The minimum Gasteiger partial charge on any atom is -0.0839 e. The van der Waals surface area contributed by atoms with Gasteiger partial charge in [0.25, 0.3) is 0 Å². The lowest BCUT2D eigenvalue weighted by molar-refractivity contribution is 0.377. The standard InChI is InChI=1S/C7H11/c1-2-4-7-5-3-6-7/h2,7H,3,5-6H2,1H3. The summed E-state index contributed by atoms with van der Waals surface area (Å²) in [5.74, 6) is 0.824. The van der Waals surface area contributed by atoms with Crippen LogP contribution in [0, 0.1) is 12.0 Å². The zero-order chi connectivity index (χ0) is 5.11. The third-order valence-electron chi connectivity index (χ3n) is 1.51. The molecule has 0 spiro atoms. The van der Waals surface area contributed by atoms with E-state index in [0.29, 0.717) is 0 Å². The fourth-order valence-electron chi connectivity index (χ4n) is 0.811. The molecule has 1 aliphatic rings. The normalized spacial score (nSPS) is 23.0. The number of hydrogen-bond acceptors (Lipinski definition) is 0. The fraction of sp³-hybridized carbons (Fsp3) is 0.714. The lowest BCUT2D eigenvalue weighted by Crippen LogP contribution is -2.07. The molecule has 0 aliphatic heterocycles. The second-order valence-electron chi connectivity index (χ2n) is 2.08. The van der Waals surface area contributed by atoms with E-state index in [-0.39, 0.29) is 0 Å². The van der Waals surface area contributed by atoms with E-state index in [1.807, 2.05) is 13.0 Å². The number of hydrogen-bond donors (Lipinski definition) is 0. The van der Waals surface area contributed by atoms with Gasteiger partial charge in [0.05, 0.1) is 0 Å². The van der Waals surface area contributed by atoms with Gasteiger partial charge in [0.1, 0.15) is 0 Å². The van der Waals surface area contributed by atoms with Crippen molar-refractivity contribution < 1.29 is 0 Å². The van der Waals surface area contributed by atoms with E-state index in [1.54, 1.807) is 0 Å². The molecule has 0 unspecified atom stereocenters. The van der Waals surface area contributed by atoms with Crippen molar-refractivity contribution in [2.24, 2.45) is 5.92 Å². The molecule has 0 aromatic rings. The average molecular weight is 95.2 g/mol. The van der Waals surface area contributed by atoms with Crippen LogP contribution in [-0.2, 0) is 0 Å². The van der Waals surface area contributed by atoms with Gasteiger partial charge in [-0.05, 0) is 31.8 Å². The van der Waals surface area contributed by atoms with E-state index >= 15 is 0 Å². The molecule has 0 aromatic heterocycles. The molecule has 0 amide bonds. The molecule has 1 radical (unpaired) electrons. The van der Waals surface area contributed by atoms with Crippen molar-refractivity contribution >= 4 is 0 Å². The van der Waals surface area contributed by atoms with E-state index in [1.165, 1.54) is 19.3 Å². The smallest absolute Gasteiger partial charge is 0.0162 e. The summed E-state index contributed by atoms with van der Waals surface area (Å²) in [4.78, 5) is 0. The van der Waals surface area contributed by atoms with Crippen molar-refractivity contribution in [2.45, 2.75) is 26.2 Å². The highest BCUT2D eigenvalue weighted by atomic mass is 14.2. The Bertz CT molecular complexity index is 68.1. The van der Waals surface area contributed by atoms with Crippen LogP contribution in [0.2, 0.25) is 0 Å². The van der Waals surface area contributed by atoms with Crippen LogP contribution in [0.5, 0.6) is 0 Å². The van der Waals surface area contributed by atoms with Gasteiger partial charge in [0, 0.05) is 0 Å². The summed E-state index contributed by atoms with van der Waals surface area (Å²) in [5, 5.41) is 0. The molecular formula is C7H11. The van der Waals surface area contributed by atoms with Gasteiger partial charge in [-0.2, -0.15) is 0 Å². The molecule has 0 N–H and O–H groups in total. The van der Waals surface area contributed by atoms with Crippen molar-refractivity contribution in [2.75, 3.05) is 0 Å². The molecule has 1 fully saturated rings. The van der Waals surface area contributed by atoms with Crippen LogP contribution in [0.3, 0.4) is 0 Å². The Morgan fingerprint density at radius 2 is 2.29 bits per heavy atom. The molecule has 0 nitrogen and oxygen atoms in total. The molecular weight excluding hydrogens is 84.1 g/mol. The van der Waals surface area contributed by atoms with E-state index in [2.05, 4.69) is 6.08 Å². The minimum atomic E-state index is 0.824. The first-order valence-corrected chi connectivity index (χ1v) is 2.97. The Hall–Kier alpha value is -0.260. The molecule has 7 heavy (non-hydrogen) atoms. The summed E-state index contributed by atoms with van der Waals surface area (Å²) in [7, 11) is 0. The molecule has 0 atom stereocenters. The lowest BCUT2D eigenvalue weighted by atomic mass is 9.85. The van der Waals surface area contributed by atoms with Crippen LogP contribution in [0.15, 0.2) is 6.08 Å². The van der Waals surface area contributed by atoms with Gasteiger partial charge < -0.3 is 0 Å². The monoisotopic (exact) mass is 95.1 g/mol. The zero-order valence-electron chi connectivity index (χ0n) is 4.78. The highest BCUT2D eigenvalue weighted by molar-refractivity contribution is 4.82. The van der Waals surface area contributed by atoms with Crippen LogP contribution in [-0.4, -0.2) is 0 Å². The SMILES string of the molecule is C/C=[C]/C1CCC1. The van der Waals surface area contributed by atoms with Crippen LogP contribution in [0.1, 0.15) is 26.2 Å². The van der Waals surface area contributed by atoms with Gasteiger partial charge in [-0.15, -0.1) is 0 Å². The zero-order valence-corrected chi connectivity index (χ0v) is 4.78. The van der Waals surface area contributed by atoms with E-state index in [0.717, 1.165) is 5.92 Å². The number of rotatable bonds is 1. The first kappa shape index (κ1) is 4.89. The maximum absolute atomic E-state index is 3.26. The Kier molecular flexibility index (Phi) is 1.50. The van der Waals surface area contributed by atoms with E-state index in [9.17, 15) is 0 Å². The number of allylic oxidation sites excluding steroid dienone is 2. The van der Waals surface area contributed by atoms with E-state index < -0.39 is 0 Å². The van der Waals surface area contributed by atoms with Crippen molar-refractivity contribution in [3.63, 3.8) is 0 Å². The molecule has 1 aliphatic carbocycles. The molecule has 39 valence electrons. The summed E-state index contributed by atoms with van der Waals surface area (Å²) in [6, 6.07) is 0. The maximum atomic E-state index is 3.26. The predicted octanol–water partition coefficient (Wildman–Crippen LogP) is 2.17. The third-order valence-corrected chi connectivity index (χ3v) is 1.51. The highest BCUT2D eigenvalue weighted by Crippen LogP contribution is 2.26. The highest BCUT2D eigenvalue weighted by Gasteiger charge is 2.12. The first-order chi connectivity index (χ1) is 3.43. The molecule has 0 heteroatoms. The van der Waals surface area contributed by atoms with E-state index in [4.69, 9.17) is 0 Å². The average Bonchev–Trinajstić information content (AvgIpc) is 1.55. The summed E-state index contributed by atoms with van der Waals surface area (Å²) in [6.45, 7) is 2.04. The molecule has 0 aromatic carbocycles. The minimum absolute atomic E-state index is 0.824. The van der Waals surface area contributed by atoms with Crippen molar-refractivity contribution in [1.82, 2.24) is 0 Å². The Balaban J connectivity index is 2.14. The van der Waals surface area contributed by atoms with Gasteiger partial charge in [-0.3, -0.25) is 0 Å². The second-order valence-corrected chi connectivity index (χ2v) is 2.08. The Morgan fingerprint density at radius 1 is 1.57 bits per heavy atom. The predicted molar refractivity (Wildman–Crippen MR) is 30.8 cm³/mol. The summed E-state index contributed by atoms with van der Waals surface area (Å²) < 4.78 is 0. The third kappa shape index (κ3) is 1.05. The fourth-order valence-corrected chi connectivity index (χ4v) is 0.811. The molecule has 1 saturated carbocycles. The molecule has 0 saturated heterocycles. The Morgan fingerprint density at radius 3 is 2.43 bits per heavy atom. The van der Waals surface area contributed by atoms with Crippen LogP contribution < -0.4 is 0 Å². The van der Waals surface area contributed by atoms with Gasteiger partial charge in [0.15, 0.2) is 0 Å². The first-order valence-electron chi connectivity index (χ1n) is 2.97. The van der Waals surface area contributed by atoms with Crippen LogP contribution in [0.25, 0.3) is 0 Å². The lowest BCUT2D eigenvalue weighted by Gasteiger charge is -2.20. The van der Waals surface area contributed by atoms with Crippen LogP contribution in [0.4, 0.5) is 0 Å². The van der Waals surface area contributed by atoms with Gasteiger partial charge in [-0.1, -0.05) is 12.5 Å². The summed E-state index contributed by atoms with van der Waals surface area (Å²) in [5.41, 5.74) is 0. The Labute approximate surface area is 45.2 Å². The van der Waals surface area contributed by atoms with Crippen molar-refractivity contribution in [3.8, 4) is 0 Å². The summed E-state index contributed by atoms with van der Waals surface area (Å²) in [6.07, 6.45) is 9.47. The van der Waals surface area contributed by atoms with Gasteiger partial charge in [-0.25, -0.2) is 0 Å². The summed E-state index contributed by atoms with van der Waals surface area (Å²) >= 11 is 0. The van der Waals surface area contributed by atoms with Gasteiger partial charge in [0.2, 0.25) is 0 Å². The van der Waals surface area contributed by atoms with Crippen molar-refractivity contribution in [3.05, 3.63) is 12.2 Å². The molecule has 0 heterocycles. The largest absolute Gasteiger partial charge is 0.0839 e. The van der Waals surface area contributed by atoms with Crippen LogP contribution >= 0.6 is 0 Å².